The van der Waals surface area contributed by atoms with Crippen molar-refractivity contribution in [3.05, 3.63) is 10.4 Å². The van der Waals surface area contributed by atoms with E-state index in [2.05, 4.69) is 16.9 Å². The van der Waals surface area contributed by atoms with Crippen LogP contribution in [0.5, 0.6) is 0 Å². The van der Waals surface area contributed by atoms with Gasteiger partial charge in [-0.25, -0.2) is 0 Å². The highest BCUT2D eigenvalue weighted by Gasteiger charge is 2.17. The van der Waals surface area contributed by atoms with Gasteiger partial charge in [0.25, 0.3) is 0 Å². The first-order chi connectivity index (χ1) is 8.28. The quantitative estimate of drug-likeness (QED) is 0.245. The molecule has 0 amide bonds. The molecule has 5 nitrogen and oxygen atoms in total. The summed E-state index contributed by atoms with van der Waals surface area (Å²) in [5.41, 5.74) is 8.51. The van der Waals surface area contributed by atoms with Crippen LogP contribution in [0.1, 0.15) is 46.5 Å². The Bertz CT molecular complexity index is 217. The minimum Gasteiger partial charge on any atom is -0.394 e. The van der Waals surface area contributed by atoms with Crippen LogP contribution in [-0.4, -0.2) is 28.5 Å². The Hall–Kier alpha value is -0.553. The molecular formula is C11H24N3O2Si. The third-order valence-electron chi connectivity index (χ3n) is 2.40. The fourth-order valence-corrected chi connectivity index (χ4v) is 3.15. The Kier molecular flexibility index (Phi) is 11.5. The third kappa shape index (κ3) is 9.18. The molecule has 0 N–H and O–H groups in total. The summed E-state index contributed by atoms with van der Waals surface area (Å²) in [5, 5.41) is 3.84. The molecule has 0 rings (SSSR count). The second-order valence-corrected chi connectivity index (χ2v) is 5.60. The molecule has 0 aromatic carbocycles. The van der Waals surface area contributed by atoms with Crippen molar-refractivity contribution in [3.63, 3.8) is 0 Å². The molecule has 0 aliphatic rings. The maximum Gasteiger partial charge on any atom is 0.384 e. The predicted octanol–water partition coefficient (Wildman–Crippen LogP) is 3.81. The number of nitrogens with zero attached hydrogens (tertiary/aromatic N) is 3. The van der Waals surface area contributed by atoms with E-state index in [1.807, 2.05) is 13.8 Å². The van der Waals surface area contributed by atoms with Crippen LogP contribution in [0.3, 0.4) is 0 Å². The van der Waals surface area contributed by atoms with E-state index in [-0.39, 0.29) is 6.04 Å². The summed E-state index contributed by atoms with van der Waals surface area (Å²) in [6, 6.07) is 0.987. The maximum atomic E-state index is 8.51. The van der Waals surface area contributed by atoms with Crippen LogP contribution in [0.15, 0.2) is 5.11 Å². The van der Waals surface area contributed by atoms with Gasteiger partial charge in [0.1, 0.15) is 0 Å². The average molecular weight is 258 g/mol. The lowest BCUT2D eigenvalue weighted by atomic mass is 10.1. The van der Waals surface area contributed by atoms with Crippen LogP contribution in [0.2, 0.25) is 6.04 Å². The zero-order valence-corrected chi connectivity index (χ0v) is 12.2. The van der Waals surface area contributed by atoms with Crippen molar-refractivity contribution in [2.75, 3.05) is 13.2 Å². The van der Waals surface area contributed by atoms with Gasteiger partial charge in [-0.05, 0) is 38.3 Å². The second kappa shape index (κ2) is 11.9. The summed E-state index contributed by atoms with van der Waals surface area (Å²) >= 11 is 0. The van der Waals surface area contributed by atoms with Crippen LogP contribution >= 0.6 is 0 Å². The molecular weight excluding hydrogens is 234 g/mol. The van der Waals surface area contributed by atoms with Crippen LogP contribution < -0.4 is 0 Å². The first kappa shape index (κ1) is 16.4. The highest BCUT2D eigenvalue weighted by atomic mass is 28.3. The highest BCUT2D eigenvalue weighted by molar-refractivity contribution is 6.44. The molecule has 99 valence electrons. The fraction of sp³-hybridized carbons (Fsp3) is 1.00. The van der Waals surface area contributed by atoms with Gasteiger partial charge in [-0.1, -0.05) is 24.9 Å². The summed E-state index contributed by atoms with van der Waals surface area (Å²) in [4.78, 5) is 2.91. The van der Waals surface area contributed by atoms with E-state index in [1.54, 1.807) is 0 Å². The van der Waals surface area contributed by atoms with Crippen LogP contribution in [0, 0.1) is 0 Å². The molecule has 6 heteroatoms. The van der Waals surface area contributed by atoms with E-state index in [0.717, 1.165) is 31.7 Å². The molecule has 17 heavy (non-hydrogen) atoms. The van der Waals surface area contributed by atoms with Gasteiger partial charge in [0, 0.05) is 24.2 Å². The molecule has 0 aliphatic carbocycles. The molecule has 0 spiro atoms. The summed E-state index contributed by atoms with van der Waals surface area (Å²) in [7, 11) is -1.17. The van der Waals surface area contributed by atoms with Gasteiger partial charge in [-0.15, -0.1) is 0 Å². The monoisotopic (exact) mass is 258 g/mol. The van der Waals surface area contributed by atoms with E-state index < -0.39 is 9.28 Å². The number of hydrogen-bond acceptors (Lipinski definition) is 3. The van der Waals surface area contributed by atoms with Crippen LogP contribution in [0.25, 0.3) is 10.4 Å². The fourth-order valence-electron chi connectivity index (χ4n) is 1.57. The SMILES string of the molecule is CCCCC(CC[Si](OCC)OCC)N=[N+]=[N-]. The zero-order valence-electron chi connectivity index (χ0n) is 11.2. The summed E-state index contributed by atoms with van der Waals surface area (Å²) in [5.74, 6) is 0. The number of azide groups is 1. The van der Waals surface area contributed by atoms with Crippen molar-refractivity contribution in [2.24, 2.45) is 5.11 Å². The lowest BCUT2D eigenvalue weighted by molar-refractivity contribution is 0.212. The van der Waals surface area contributed by atoms with Crippen molar-refractivity contribution in [2.45, 2.75) is 58.5 Å². The number of rotatable bonds is 11. The van der Waals surface area contributed by atoms with Gasteiger partial charge in [0.05, 0.1) is 0 Å². The maximum absolute atomic E-state index is 8.51. The first-order valence-electron chi connectivity index (χ1n) is 6.44. The molecule has 0 saturated heterocycles. The summed E-state index contributed by atoms with van der Waals surface area (Å²) < 4.78 is 11.1. The minimum atomic E-state index is -1.17. The topological polar surface area (TPSA) is 67.2 Å². The van der Waals surface area contributed by atoms with E-state index in [0.29, 0.717) is 13.2 Å². The molecule has 0 aromatic heterocycles. The normalized spacial score (nSPS) is 12.5. The smallest absolute Gasteiger partial charge is 0.384 e. The molecule has 1 unspecified atom stereocenters. The van der Waals surface area contributed by atoms with Crippen molar-refractivity contribution >= 4 is 9.28 Å². The molecule has 0 bridgehead atoms. The molecule has 1 atom stereocenters. The van der Waals surface area contributed by atoms with Gasteiger partial charge < -0.3 is 8.85 Å². The Morgan fingerprint density at radius 1 is 1.18 bits per heavy atom. The Balaban J connectivity index is 4.00. The van der Waals surface area contributed by atoms with Gasteiger partial charge >= 0.3 is 9.28 Å². The van der Waals surface area contributed by atoms with Gasteiger partial charge in [-0.3, -0.25) is 0 Å². The van der Waals surface area contributed by atoms with Crippen molar-refractivity contribution in [3.8, 4) is 0 Å². The number of hydrogen-bond donors (Lipinski definition) is 0. The Morgan fingerprint density at radius 2 is 1.82 bits per heavy atom. The van der Waals surface area contributed by atoms with Gasteiger partial charge in [0.15, 0.2) is 0 Å². The second-order valence-electron chi connectivity index (χ2n) is 3.78. The highest BCUT2D eigenvalue weighted by Crippen LogP contribution is 2.14. The Morgan fingerprint density at radius 3 is 2.29 bits per heavy atom. The largest absolute Gasteiger partial charge is 0.394 e. The standard InChI is InChI=1S/C11H24N3O2Si/c1-4-7-8-11(13-14-12)9-10-17(15-5-2)16-6-3/h11H,4-10H2,1-3H3. The predicted molar refractivity (Wildman–Crippen MR) is 70.9 cm³/mol. The lowest BCUT2D eigenvalue weighted by Crippen LogP contribution is -2.24. The van der Waals surface area contributed by atoms with E-state index in [4.69, 9.17) is 14.4 Å². The van der Waals surface area contributed by atoms with Gasteiger partial charge in [0.2, 0.25) is 0 Å². The summed E-state index contributed by atoms with van der Waals surface area (Å²) in [6.45, 7) is 7.48. The third-order valence-corrected chi connectivity index (χ3v) is 4.32. The molecule has 1 radical (unpaired) electrons. The van der Waals surface area contributed by atoms with Crippen molar-refractivity contribution < 1.29 is 8.85 Å². The molecule has 0 aliphatic heterocycles. The minimum absolute atomic E-state index is 0.0980. The zero-order chi connectivity index (χ0) is 12.9. The molecule has 0 saturated carbocycles. The van der Waals surface area contributed by atoms with Crippen molar-refractivity contribution in [1.29, 1.82) is 0 Å². The van der Waals surface area contributed by atoms with Crippen LogP contribution in [-0.2, 0) is 8.85 Å². The van der Waals surface area contributed by atoms with Gasteiger partial charge in [-0.2, -0.15) is 0 Å². The summed E-state index contributed by atoms with van der Waals surface area (Å²) in [6.07, 6.45) is 4.08. The van der Waals surface area contributed by atoms with E-state index in [1.165, 1.54) is 0 Å². The number of unbranched alkanes of at least 4 members (excludes halogenated alkanes) is 1. The lowest BCUT2D eigenvalue weighted by Gasteiger charge is -2.15. The van der Waals surface area contributed by atoms with E-state index in [9.17, 15) is 0 Å². The van der Waals surface area contributed by atoms with Crippen LogP contribution in [0.4, 0.5) is 0 Å². The first-order valence-corrected chi connectivity index (χ1v) is 7.96. The van der Waals surface area contributed by atoms with Crippen molar-refractivity contribution in [1.82, 2.24) is 0 Å². The van der Waals surface area contributed by atoms with E-state index >= 15 is 0 Å². The Labute approximate surface area is 106 Å². The molecule has 0 aromatic rings. The molecule has 0 fully saturated rings. The average Bonchev–Trinajstić information content (AvgIpc) is 2.33. The molecule has 0 heterocycles.